The van der Waals surface area contributed by atoms with Gasteiger partial charge in [0.1, 0.15) is 0 Å². The highest BCUT2D eigenvalue weighted by atomic mass is 32.2. The number of nitrogens with zero attached hydrogens (tertiary/aromatic N) is 2. The van der Waals surface area contributed by atoms with Gasteiger partial charge in [0, 0.05) is 18.5 Å². The first-order valence-electron chi connectivity index (χ1n) is 5.09. The van der Waals surface area contributed by atoms with E-state index >= 15 is 0 Å². The van der Waals surface area contributed by atoms with Gasteiger partial charge in [-0.2, -0.15) is 0 Å². The summed E-state index contributed by atoms with van der Waals surface area (Å²) in [6, 6.07) is 0. The van der Waals surface area contributed by atoms with Crippen molar-refractivity contribution in [3.8, 4) is 0 Å². The van der Waals surface area contributed by atoms with Crippen molar-refractivity contribution in [1.82, 2.24) is 9.55 Å². The topological polar surface area (TPSA) is 17.8 Å². The lowest BCUT2D eigenvalue weighted by molar-refractivity contribution is 0.707. The zero-order chi connectivity index (χ0) is 9.10. The van der Waals surface area contributed by atoms with Gasteiger partial charge in [-0.25, -0.2) is 4.98 Å². The Balaban J connectivity index is 1.91. The molecule has 0 amide bonds. The highest BCUT2D eigenvalue weighted by Crippen LogP contribution is 2.24. The van der Waals surface area contributed by atoms with Crippen LogP contribution in [0.5, 0.6) is 0 Å². The molecule has 0 bridgehead atoms. The average molecular weight is 196 g/mol. The summed E-state index contributed by atoms with van der Waals surface area (Å²) in [6.45, 7) is 3.39. The van der Waals surface area contributed by atoms with Crippen LogP contribution in [0, 0.1) is 0 Å². The molecule has 1 aliphatic rings. The molecule has 2 rings (SSSR count). The van der Waals surface area contributed by atoms with Crippen molar-refractivity contribution in [3.05, 3.63) is 11.9 Å². The monoisotopic (exact) mass is 196 g/mol. The Labute approximate surface area is 83.7 Å². The lowest BCUT2D eigenvalue weighted by Gasteiger charge is -1.94. The van der Waals surface area contributed by atoms with Gasteiger partial charge in [-0.05, 0) is 12.8 Å². The van der Waals surface area contributed by atoms with Crippen LogP contribution in [-0.4, -0.2) is 15.3 Å². The van der Waals surface area contributed by atoms with E-state index in [0.29, 0.717) is 0 Å². The van der Waals surface area contributed by atoms with Crippen LogP contribution in [0.2, 0.25) is 0 Å². The first-order chi connectivity index (χ1) is 6.40. The molecule has 0 N–H and O–H groups in total. The van der Waals surface area contributed by atoms with Gasteiger partial charge in [-0.1, -0.05) is 31.5 Å². The summed E-state index contributed by atoms with van der Waals surface area (Å²) in [4.78, 5) is 4.59. The predicted molar refractivity (Wildman–Crippen MR) is 56.2 cm³/mol. The van der Waals surface area contributed by atoms with Crippen LogP contribution >= 0.6 is 11.8 Å². The predicted octanol–water partition coefficient (Wildman–Crippen LogP) is 2.72. The normalized spacial score (nSPS) is 14.8. The Morgan fingerprint density at radius 3 is 3.23 bits per heavy atom. The summed E-state index contributed by atoms with van der Waals surface area (Å²) in [5, 5.41) is 1.23. The van der Waals surface area contributed by atoms with Crippen molar-refractivity contribution in [3.63, 3.8) is 0 Å². The van der Waals surface area contributed by atoms with Crippen LogP contribution in [0.15, 0.2) is 11.4 Å². The van der Waals surface area contributed by atoms with Crippen LogP contribution in [0.3, 0.4) is 0 Å². The molecule has 2 nitrogen and oxygen atoms in total. The number of aryl methyl sites for hydroxylation is 2. The number of thioether (sulfide) groups is 1. The summed E-state index contributed by atoms with van der Waals surface area (Å²) in [5.74, 6) is 1.21. The number of fused-ring (bicyclic) bond motifs is 1. The zero-order valence-corrected chi connectivity index (χ0v) is 8.94. The second-order valence-electron chi connectivity index (χ2n) is 3.51. The van der Waals surface area contributed by atoms with Crippen molar-refractivity contribution in [2.75, 3.05) is 5.75 Å². The minimum atomic E-state index is 1.15. The smallest absolute Gasteiger partial charge is 0.168 e. The first-order valence-corrected chi connectivity index (χ1v) is 6.07. The van der Waals surface area contributed by atoms with E-state index in [-0.39, 0.29) is 0 Å². The van der Waals surface area contributed by atoms with Crippen LogP contribution in [0.1, 0.15) is 31.9 Å². The minimum Gasteiger partial charge on any atom is -0.325 e. The van der Waals surface area contributed by atoms with E-state index in [4.69, 9.17) is 0 Å². The molecule has 0 saturated heterocycles. The average Bonchev–Trinajstić information content (AvgIpc) is 2.64. The molecule has 0 fully saturated rings. The molecule has 0 unspecified atom stereocenters. The van der Waals surface area contributed by atoms with Crippen molar-refractivity contribution < 1.29 is 0 Å². The van der Waals surface area contributed by atoms with E-state index in [2.05, 4.69) is 22.7 Å². The lowest BCUT2D eigenvalue weighted by atomic mass is 10.2. The molecule has 2 heterocycles. The van der Waals surface area contributed by atoms with Crippen molar-refractivity contribution in [2.45, 2.75) is 44.3 Å². The molecule has 1 aliphatic heterocycles. The Morgan fingerprint density at radius 2 is 2.46 bits per heavy atom. The molecule has 0 atom stereocenters. The summed E-state index contributed by atoms with van der Waals surface area (Å²) < 4.78 is 2.28. The number of rotatable bonds is 4. The Morgan fingerprint density at radius 1 is 1.54 bits per heavy atom. The molecule has 1 aromatic rings. The lowest BCUT2D eigenvalue weighted by Crippen LogP contribution is -1.90. The second-order valence-corrected chi connectivity index (χ2v) is 4.58. The van der Waals surface area contributed by atoms with Gasteiger partial charge in [0.2, 0.25) is 0 Å². The van der Waals surface area contributed by atoms with Crippen molar-refractivity contribution >= 4 is 11.8 Å². The summed E-state index contributed by atoms with van der Waals surface area (Å²) >= 11 is 1.88. The fourth-order valence-electron chi connectivity index (χ4n) is 1.64. The standard InChI is InChI=1S/C10H16N2S/c1-2-3-4-5-9-8-12-6-7-13-10(12)11-9/h8H,2-7H2,1H3. The molecule has 0 saturated carbocycles. The van der Waals surface area contributed by atoms with Gasteiger partial charge < -0.3 is 4.57 Å². The van der Waals surface area contributed by atoms with E-state index in [1.54, 1.807) is 0 Å². The molecule has 0 spiro atoms. The maximum absolute atomic E-state index is 4.59. The summed E-state index contributed by atoms with van der Waals surface area (Å²) in [6.07, 6.45) is 7.30. The first kappa shape index (κ1) is 9.13. The van der Waals surface area contributed by atoms with Crippen LogP contribution in [-0.2, 0) is 13.0 Å². The van der Waals surface area contributed by atoms with E-state index in [1.807, 2.05) is 11.8 Å². The van der Waals surface area contributed by atoms with E-state index in [0.717, 1.165) is 13.0 Å². The van der Waals surface area contributed by atoms with Gasteiger partial charge in [-0.3, -0.25) is 0 Å². The van der Waals surface area contributed by atoms with Crippen LogP contribution in [0.4, 0.5) is 0 Å². The number of aromatic nitrogens is 2. The quantitative estimate of drug-likeness (QED) is 0.689. The molecule has 0 aliphatic carbocycles. The molecular formula is C10H16N2S. The SMILES string of the molecule is CCCCCc1cn2c(n1)SCC2. The van der Waals surface area contributed by atoms with Crippen molar-refractivity contribution in [2.24, 2.45) is 0 Å². The zero-order valence-electron chi connectivity index (χ0n) is 8.12. The maximum atomic E-state index is 4.59. The van der Waals surface area contributed by atoms with E-state index in [1.165, 1.54) is 35.9 Å². The van der Waals surface area contributed by atoms with Gasteiger partial charge in [0.25, 0.3) is 0 Å². The highest BCUT2D eigenvalue weighted by Gasteiger charge is 2.13. The number of imidazole rings is 1. The fraction of sp³-hybridized carbons (Fsp3) is 0.700. The van der Waals surface area contributed by atoms with E-state index < -0.39 is 0 Å². The molecule has 0 radical (unpaired) electrons. The number of hydrogen-bond acceptors (Lipinski definition) is 2. The van der Waals surface area contributed by atoms with Gasteiger partial charge >= 0.3 is 0 Å². The molecule has 1 aromatic heterocycles. The molecule has 0 aromatic carbocycles. The third-order valence-corrected chi connectivity index (χ3v) is 3.36. The Kier molecular flexibility index (Phi) is 2.94. The van der Waals surface area contributed by atoms with Crippen molar-refractivity contribution in [1.29, 1.82) is 0 Å². The Hall–Kier alpha value is -0.440. The third-order valence-electron chi connectivity index (χ3n) is 2.39. The molecular weight excluding hydrogens is 180 g/mol. The second kappa shape index (κ2) is 4.18. The number of unbranched alkanes of at least 4 members (excludes halogenated alkanes) is 2. The largest absolute Gasteiger partial charge is 0.325 e. The number of hydrogen-bond donors (Lipinski definition) is 0. The maximum Gasteiger partial charge on any atom is 0.168 e. The summed E-state index contributed by atoms with van der Waals surface area (Å²) in [7, 11) is 0. The molecule has 13 heavy (non-hydrogen) atoms. The van der Waals surface area contributed by atoms with E-state index in [9.17, 15) is 0 Å². The van der Waals surface area contributed by atoms with Gasteiger partial charge in [0.15, 0.2) is 5.16 Å². The Bertz CT molecular complexity index is 259. The van der Waals surface area contributed by atoms with Crippen LogP contribution < -0.4 is 0 Å². The third kappa shape index (κ3) is 2.08. The molecule has 3 heteroatoms. The van der Waals surface area contributed by atoms with Crippen LogP contribution in [0.25, 0.3) is 0 Å². The summed E-state index contributed by atoms with van der Waals surface area (Å²) in [5.41, 5.74) is 1.29. The minimum absolute atomic E-state index is 1.15. The molecule has 72 valence electrons. The highest BCUT2D eigenvalue weighted by molar-refractivity contribution is 7.99. The van der Waals surface area contributed by atoms with Gasteiger partial charge in [-0.15, -0.1) is 0 Å². The fourth-order valence-corrected chi connectivity index (χ4v) is 2.60. The van der Waals surface area contributed by atoms with Gasteiger partial charge in [0.05, 0.1) is 5.69 Å².